The Hall–Kier alpha value is -2.63. The molecule has 0 radical (unpaired) electrons. The van der Waals surface area contributed by atoms with Crippen LogP contribution in [0.1, 0.15) is 66.2 Å². The van der Waals surface area contributed by atoms with Gasteiger partial charge in [-0.2, -0.15) is 0 Å². The second-order valence-electron chi connectivity index (χ2n) is 13.2. The van der Waals surface area contributed by atoms with E-state index in [1.807, 2.05) is 6.92 Å². The van der Waals surface area contributed by atoms with E-state index in [9.17, 15) is 19.5 Å². The van der Waals surface area contributed by atoms with Crippen molar-refractivity contribution in [2.24, 2.45) is 51.8 Å². The third-order valence-corrected chi connectivity index (χ3v) is 11.5. The Morgan fingerprint density at radius 1 is 1.05 bits per heavy atom. The number of ether oxygens (including phenoxy) is 1. The fourth-order valence-electron chi connectivity index (χ4n) is 9.94. The van der Waals surface area contributed by atoms with Gasteiger partial charge in [-0.1, -0.05) is 38.8 Å². The van der Waals surface area contributed by atoms with Gasteiger partial charge >= 0.3 is 5.97 Å². The van der Waals surface area contributed by atoms with Crippen molar-refractivity contribution >= 4 is 23.5 Å². The number of allylic oxidation sites excluding steroid dienone is 2. The molecule has 7 rings (SSSR count). The Morgan fingerprint density at radius 2 is 1.76 bits per heavy atom. The average molecular weight is 506 g/mol. The maximum Gasteiger partial charge on any atom is 0.309 e. The van der Waals surface area contributed by atoms with Crippen LogP contribution in [0.2, 0.25) is 0 Å². The second kappa shape index (κ2) is 7.94. The summed E-state index contributed by atoms with van der Waals surface area (Å²) in [6, 6.07) is 7.20. The van der Waals surface area contributed by atoms with Gasteiger partial charge in [-0.15, -0.1) is 0 Å². The molecular formula is C31H39NO5. The maximum absolute atomic E-state index is 14.3. The van der Waals surface area contributed by atoms with Crippen molar-refractivity contribution in [1.29, 1.82) is 0 Å². The predicted molar refractivity (Wildman–Crippen MR) is 140 cm³/mol. The molecule has 6 nitrogen and oxygen atoms in total. The third-order valence-electron chi connectivity index (χ3n) is 11.5. The van der Waals surface area contributed by atoms with Gasteiger partial charge in [0.2, 0.25) is 11.8 Å². The lowest BCUT2D eigenvalue weighted by molar-refractivity contribution is -0.194. The smallest absolute Gasteiger partial charge is 0.309 e. The van der Waals surface area contributed by atoms with Crippen LogP contribution in [0.5, 0.6) is 5.75 Å². The molecule has 6 heteroatoms. The first-order valence-corrected chi connectivity index (χ1v) is 14.0. The van der Waals surface area contributed by atoms with E-state index in [-0.39, 0.29) is 46.8 Å². The number of hydrogen-bond acceptors (Lipinski definition) is 4. The fraction of sp³-hybridized carbons (Fsp3) is 0.645. The Morgan fingerprint density at radius 3 is 2.38 bits per heavy atom. The standard InChI is InChI=1S/C31H39NO5/c1-17(2)21-16-31-14-11-22-29(3,12-6-13-30(22,4)28(35)36)23(31)15-20(21)24-25(31)27(34)32(26(24)33)18-7-9-19(37-5)10-8-18/h7-10,16-17,20,22-25H,6,11-15H2,1-5H3,(H,35,36)/t20?,22?,23?,24-,25+,29+,30-,31?/m1/s1. The summed E-state index contributed by atoms with van der Waals surface area (Å²) < 4.78 is 5.29. The summed E-state index contributed by atoms with van der Waals surface area (Å²) in [6.07, 6.45) is 7.47. The highest BCUT2D eigenvalue weighted by atomic mass is 16.5. The van der Waals surface area contributed by atoms with Crippen LogP contribution in [0.25, 0.3) is 0 Å². The zero-order chi connectivity index (χ0) is 26.5. The van der Waals surface area contributed by atoms with Crippen molar-refractivity contribution in [3.8, 4) is 5.75 Å². The SMILES string of the molecule is COc1ccc(N2C(=O)[C@@H]3C4CC5C(C=C4C(C)C)(CCC4[C@]5(C)CCC[C@@]4(C)C(=O)O)[C@@H]3C2=O)cc1. The number of carboxylic acid groups (broad SMARTS) is 1. The molecular weight excluding hydrogens is 466 g/mol. The molecule has 1 aliphatic heterocycles. The first-order valence-electron chi connectivity index (χ1n) is 14.0. The maximum atomic E-state index is 14.3. The van der Waals surface area contributed by atoms with Gasteiger partial charge in [-0.05, 0) is 92.4 Å². The van der Waals surface area contributed by atoms with Crippen molar-refractivity contribution in [2.75, 3.05) is 12.0 Å². The van der Waals surface area contributed by atoms with Crippen molar-refractivity contribution in [3.05, 3.63) is 35.9 Å². The molecule has 1 aromatic rings. The topological polar surface area (TPSA) is 83.9 Å². The Labute approximate surface area is 219 Å². The molecule has 8 atom stereocenters. The highest BCUT2D eigenvalue weighted by molar-refractivity contribution is 6.23. The van der Waals surface area contributed by atoms with E-state index in [1.54, 1.807) is 31.4 Å². The molecule has 1 spiro atoms. The zero-order valence-corrected chi connectivity index (χ0v) is 22.6. The second-order valence-corrected chi connectivity index (χ2v) is 13.2. The quantitative estimate of drug-likeness (QED) is 0.419. The number of hydrogen-bond donors (Lipinski definition) is 1. The van der Waals surface area contributed by atoms with E-state index < -0.39 is 16.8 Å². The molecule has 3 saturated carbocycles. The predicted octanol–water partition coefficient (Wildman–Crippen LogP) is 5.71. The van der Waals surface area contributed by atoms with Gasteiger partial charge in [-0.25, -0.2) is 0 Å². The van der Waals surface area contributed by atoms with Crippen molar-refractivity contribution in [3.63, 3.8) is 0 Å². The van der Waals surface area contributed by atoms with E-state index in [2.05, 4.69) is 26.8 Å². The average Bonchev–Trinajstić information content (AvgIpc) is 3.15. The number of amides is 2. The molecule has 37 heavy (non-hydrogen) atoms. The van der Waals surface area contributed by atoms with Crippen LogP contribution in [0, 0.1) is 51.8 Å². The van der Waals surface area contributed by atoms with Crippen molar-refractivity contribution in [1.82, 2.24) is 0 Å². The summed E-state index contributed by atoms with van der Waals surface area (Å²) in [5.74, 6) is -0.213. The number of fused-ring (bicyclic) bond motifs is 1. The molecule has 5 aliphatic carbocycles. The molecule has 198 valence electrons. The minimum absolute atomic E-state index is 0.0326. The lowest BCUT2D eigenvalue weighted by atomic mass is 9.34. The molecule has 1 aromatic carbocycles. The number of rotatable bonds is 4. The van der Waals surface area contributed by atoms with E-state index in [4.69, 9.17) is 4.74 Å². The lowest BCUT2D eigenvalue weighted by Gasteiger charge is -2.68. The van der Waals surface area contributed by atoms with Crippen LogP contribution < -0.4 is 9.64 Å². The molecule has 2 amide bonds. The van der Waals surface area contributed by atoms with E-state index >= 15 is 0 Å². The Balaban J connectivity index is 1.47. The molecule has 6 aliphatic rings. The fourth-order valence-corrected chi connectivity index (χ4v) is 9.94. The van der Waals surface area contributed by atoms with E-state index in [0.29, 0.717) is 23.8 Å². The molecule has 4 fully saturated rings. The number of aliphatic carboxylic acids is 1. The largest absolute Gasteiger partial charge is 0.497 e. The molecule has 2 bridgehead atoms. The normalized spacial score (nSPS) is 42.3. The summed E-state index contributed by atoms with van der Waals surface area (Å²) in [5, 5.41) is 10.3. The highest BCUT2D eigenvalue weighted by Gasteiger charge is 2.73. The number of methoxy groups -OCH3 is 1. The molecule has 1 heterocycles. The summed E-state index contributed by atoms with van der Waals surface area (Å²) in [5.41, 5.74) is 0.645. The number of nitrogens with zero attached hydrogens (tertiary/aromatic N) is 1. The van der Waals surface area contributed by atoms with Gasteiger partial charge in [0, 0.05) is 5.41 Å². The number of carboxylic acids is 1. The van der Waals surface area contributed by atoms with Gasteiger partial charge < -0.3 is 9.84 Å². The lowest BCUT2D eigenvalue weighted by Crippen LogP contribution is -2.65. The molecule has 1 N–H and O–H groups in total. The van der Waals surface area contributed by atoms with Crippen LogP contribution in [0.4, 0.5) is 5.69 Å². The van der Waals surface area contributed by atoms with Crippen molar-refractivity contribution in [2.45, 2.75) is 66.2 Å². The summed E-state index contributed by atoms with van der Waals surface area (Å²) in [4.78, 5) is 42.3. The van der Waals surface area contributed by atoms with Crippen LogP contribution in [0.3, 0.4) is 0 Å². The van der Waals surface area contributed by atoms with E-state index in [0.717, 1.165) is 32.1 Å². The van der Waals surface area contributed by atoms with Gasteiger partial charge in [-0.3, -0.25) is 19.3 Å². The third kappa shape index (κ3) is 3.01. The number of carbonyl (C=O) groups is 3. The summed E-state index contributed by atoms with van der Waals surface area (Å²) >= 11 is 0. The Kier molecular flexibility index (Phi) is 5.30. The number of carbonyl (C=O) groups excluding carboxylic acids is 2. The minimum atomic E-state index is -0.736. The van der Waals surface area contributed by atoms with Crippen LogP contribution in [-0.4, -0.2) is 30.0 Å². The van der Waals surface area contributed by atoms with Crippen LogP contribution in [-0.2, 0) is 14.4 Å². The van der Waals surface area contributed by atoms with Gasteiger partial charge in [0.25, 0.3) is 0 Å². The summed E-state index contributed by atoms with van der Waals surface area (Å²) in [6.45, 7) is 8.66. The van der Waals surface area contributed by atoms with Crippen LogP contribution in [0.15, 0.2) is 35.9 Å². The van der Waals surface area contributed by atoms with E-state index in [1.165, 1.54) is 10.5 Å². The first-order chi connectivity index (χ1) is 17.5. The molecule has 4 unspecified atom stereocenters. The number of anilines is 1. The summed E-state index contributed by atoms with van der Waals surface area (Å²) in [7, 11) is 1.60. The van der Waals surface area contributed by atoms with Crippen LogP contribution >= 0.6 is 0 Å². The highest BCUT2D eigenvalue weighted by Crippen LogP contribution is 2.74. The number of benzene rings is 1. The molecule has 1 saturated heterocycles. The van der Waals surface area contributed by atoms with Gasteiger partial charge in [0.15, 0.2) is 0 Å². The molecule has 0 aromatic heterocycles. The van der Waals surface area contributed by atoms with Gasteiger partial charge in [0.05, 0.1) is 30.0 Å². The monoisotopic (exact) mass is 505 g/mol. The minimum Gasteiger partial charge on any atom is -0.497 e. The Bertz CT molecular complexity index is 1200. The van der Waals surface area contributed by atoms with Crippen molar-refractivity contribution < 1.29 is 24.2 Å². The zero-order valence-electron chi connectivity index (χ0n) is 22.6. The van der Waals surface area contributed by atoms with Gasteiger partial charge in [0.1, 0.15) is 5.75 Å². The number of imide groups is 1. The first kappa shape index (κ1) is 24.7.